The molecule has 4 rings (SSSR count). The molecule has 0 bridgehead atoms. The number of hydrogen-bond donors (Lipinski definition) is 1. The van der Waals surface area contributed by atoms with E-state index in [2.05, 4.69) is 44.6 Å². The molecule has 126 valence electrons. The van der Waals surface area contributed by atoms with E-state index in [9.17, 15) is 0 Å². The van der Waals surface area contributed by atoms with Gasteiger partial charge in [-0.05, 0) is 60.4 Å². The molecule has 4 nitrogen and oxygen atoms in total. The van der Waals surface area contributed by atoms with Gasteiger partial charge in [-0.1, -0.05) is 12.1 Å². The van der Waals surface area contributed by atoms with Crippen molar-refractivity contribution < 1.29 is 0 Å². The Hall–Kier alpha value is -2.31. The van der Waals surface area contributed by atoms with Gasteiger partial charge < -0.3 is 10.2 Å². The second-order valence-corrected chi connectivity index (χ2v) is 7.38. The molecule has 6 heteroatoms. The van der Waals surface area contributed by atoms with Crippen molar-refractivity contribution in [3.05, 3.63) is 82.1 Å². The van der Waals surface area contributed by atoms with Gasteiger partial charge in [-0.15, -0.1) is 11.3 Å². The molecule has 0 aromatic carbocycles. The third kappa shape index (κ3) is 3.15. The Morgan fingerprint density at radius 3 is 2.56 bits per heavy atom. The molecular formula is C19H18N4S2. The lowest BCUT2D eigenvalue weighted by molar-refractivity contribution is 0.312. The fourth-order valence-electron chi connectivity index (χ4n) is 3.21. The van der Waals surface area contributed by atoms with Gasteiger partial charge in [-0.25, -0.2) is 0 Å². The van der Waals surface area contributed by atoms with Crippen LogP contribution in [0.5, 0.6) is 0 Å². The second kappa shape index (κ2) is 6.90. The van der Waals surface area contributed by atoms with Gasteiger partial charge in [0.15, 0.2) is 5.11 Å². The van der Waals surface area contributed by atoms with Crippen LogP contribution in [-0.4, -0.2) is 20.0 Å². The summed E-state index contributed by atoms with van der Waals surface area (Å²) < 4.78 is 0. The Balaban J connectivity index is 1.74. The fraction of sp³-hybridized carbons (Fsp3) is 0.211. The first-order chi connectivity index (χ1) is 12.2. The van der Waals surface area contributed by atoms with Crippen molar-refractivity contribution in [1.82, 2.24) is 20.2 Å². The molecule has 1 saturated heterocycles. The normalized spacial score (nSPS) is 19.9. The van der Waals surface area contributed by atoms with Crippen molar-refractivity contribution >= 4 is 28.7 Å². The number of nitrogens with zero attached hydrogens (tertiary/aromatic N) is 3. The number of hydrogen-bond acceptors (Lipinski definition) is 4. The van der Waals surface area contributed by atoms with Crippen LogP contribution in [0, 0.1) is 6.92 Å². The molecule has 1 fully saturated rings. The van der Waals surface area contributed by atoms with Gasteiger partial charge >= 0.3 is 0 Å². The maximum absolute atomic E-state index is 5.67. The zero-order valence-electron chi connectivity index (χ0n) is 13.8. The van der Waals surface area contributed by atoms with Gasteiger partial charge in [0.05, 0.1) is 30.0 Å². The van der Waals surface area contributed by atoms with Crippen LogP contribution in [0.1, 0.15) is 33.9 Å². The topological polar surface area (TPSA) is 41.1 Å². The summed E-state index contributed by atoms with van der Waals surface area (Å²) >= 11 is 7.45. The van der Waals surface area contributed by atoms with Gasteiger partial charge in [0.1, 0.15) is 0 Å². The lowest BCUT2D eigenvalue weighted by atomic mass is 10.0. The lowest BCUT2D eigenvalue weighted by Gasteiger charge is -2.27. The SMILES string of the molecule is Cc1ccsc1[C@@H]1[C@@H](c2ccccn2)NC(=S)N1Cc1ccccn1. The van der Waals surface area contributed by atoms with Gasteiger partial charge in [-0.3, -0.25) is 9.97 Å². The standard InChI is InChI=1S/C19H18N4S2/c1-13-8-11-25-18(13)17-16(15-7-3-5-10-21-15)22-19(24)23(17)12-14-6-2-4-9-20-14/h2-11,16-17H,12H2,1H3,(H,22,24)/t16-,17+/m1/s1. The monoisotopic (exact) mass is 366 g/mol. The van der Waals surface area contributed by atoms with Crippen molar-refractivity contribution in [2.45, 2.75) is 25.6 Å². The van der Waals surface area contributed by atoms with E-state index < -0.39 is 0 Å². The largest absolute Gasteiger partial charge is 0.352 e. The average Bonchev–Trinajstić information content (AvgIpc) is 3.20. The molecule has 1 N–H and O–H groups in total. The van der Waals surface area contributed by atoms with Crippen molar-refractivity contribution in [1.29, 1.82) is 0 Å². The number of thiocarbonyl (C=S) groups is 1. The van der Waals surface area contributed by atoms with Crippen LogP contribution in [0.25, 0.3) is 0 Å². The molecule has 0 unspecified atom stereocenters. The van der Waals surface area contributed by atoms with Crippen molar-refractivity contribution in [2.24, 2.45) is 0 Å². The summed E-state index contributed by atoms with van der Waals surface area (Å²) in [4.78, 5) is 12.6. The van der Waals surface area contributed by atoms with Crippen LogP contribution in [-0.2, 0) is 6.54 Å². The summed E-state index contributed by atoms with van der Waals surface area (Å²) in [6, 6.07) is 14.3. The maximum Gasteiger partial charge on any atom is 0.170 e. The van der Waals surface area contributed by atoms with Gasteiger partial charge in [0.2, 0.25) is 0 Å². The molecule has 1 aliphatic heterocycles. The summed E-state index contributed by atoms with van der Waals surface area (Å²) in [5.74, 6) is 0. The number of thiophene rings is 1. The van der Waals surface area contributed by atoms with E-state index in [1.807, 2.05) is 42.7 Å². The predicted octanol–water partition coefficient (Wildman–Crippen LogP) is 4.02. The molecule has 0 saturated carbocycles. The first kappa shape index (κ1) is 16.2. The van der Waals surface area contributed by atoms with E-state index >= 15 is 0 Å². The van der Waals surface area contributed by atoms with E-state index in [1.165, 1.54) is 10.4 Å². The Labute approximate surface area is 156 Å². The molecule has 2 atom stereocenters. The zero-order valence-corrected chi connectivity index (χ0v) is 15.4. The molecule has 25 heavy (non-hydrogen) atoms. The number of pyridine rings is 2. The summed E-state index contributed by atoms with van der Waals surface area (Å²) in [5.41, 5.74) is 3.30. The first-order valence-corrected chi connectivity index (χ1v) is 9.45. The number of nitrogens with one attached hydrogen (secondary N) is 1. The quantitative estimate of drug-likeness (QED) is 0.706. The van der Waals surface area contributed by atoms with Gasteiger partial charge in [0.25, 0.3) is 0 Å². The highest BCUT2D eigenvalue weighted by atomic mass is 32.1. The minimum Gasteiger partial charge on any atom is -0.352 e. The molecule has 0 radical (unpaired) electrons. The zero-order chi connectivity index (χ0) is 17.2. The van der Waals surface area contributed by atoms with Crippen LogP contribution in [0.15, 0.2) is 60.2 Å². The van der Waals surface area contributed by atoms with Crippen LogP contribution in [0.4, 0.5) is 0 Å². The highest BCUT2D eigenvalue weighted by Crippen LogP contribution is 2.42. The summed E-state index contributed by atoms with van der Waals surface area (Å²) in [5, 5.41) is 6.37. The molecule has 4 heterocycles. The Kier molecular flexibility index (Phi) is 4.46. The summed E-state index contributed by atoms with van der Waals surface area (Å²) in [7, 11) is 0. The van der Waals surface area contributed by atoms with Crippen LogP contribution >= 0.6 is 23.6 Å². The molecule has 0 aliphatic carbocycles. The predicted molar refractivity (Wildman–Crippen MR) is 104 cm³/mol. The van der Waals surface area contributed by atoms with Crippen LogP contribution < -0.4 is 5.32 Å². The minimum atomic E-state index is 0.0368. The van der Waals surface area contributed by atoms with Crippen molar-refractivity contribution in [2.75, 3.05) is 0 Å². The van der Waals surface area contributed by atoms with E-state index in [0.717, 1.165) is 16.5 Å². The summed E-state index contributed by atoms with van der Waals surface area (Å²) in [6.07, 6.45) is 3.66. The molecule has 0 amide bonds. The van der Waals surface area contributed by atoms with E-state index in [0.29, 0.717) is 6.54 Å². The van der Waals surface area contributed by atoms with Crippen LogP contribution in [0.3, 0.4) is 0 Å². The fourth-order valence-corrected chi connectivity index (χ4v) is 4.59. The highest BCUT2D eigenvalue weighted by molar-refractivity contribution is 7.80. The highest BCUT2D eigenvalue weighted by Gasteiger charge is 2.41. The lowest BCUT2D eigenvalue weighted by Crippen LogP contribution is -2.29. The number of aromatic nitrogens is 2. The van der Waals surface area contributed by atoms with E-state index in [-0.39, 0.29) is 12.1 Å². The van der Waals surface area contributed by atoms with Crippen LogP contribution in [0.2, 0.25) is 0 Å². The summed E-state index contributed by atoms with van der Waals surface area (Å²) in [6.45, 7) is 2.83. The van der Waals surface area contributed by atoms with Crippen molar-refractivity contribution in [3.8, 4) is 0 Å². The van der Waals surface area contributed by atoms with E-state index in [1.54, 1.807) is 11.3 Å². The van der Waals surface area contributed by atoms with E-state index in [4.69, 9.17) is 12.2 Å². The molecule has 3 aromatic rings. The average molecular weight is 367 g/mol. The second-order valence-electron chi connectivity index (χ2n) is 6.04. The smallest absolute Gasteiger partial charge is 0.170 e. The minimum absolute atomic E-state index is 0.0368. The third-order valence-corrected chi connectivity index (χ3v) is 5.87. The maximum atomic E-state index is 5.67. The molecule has 3 aromatic heterocycles. The molecular weight excluding hydrogens is 348 g/mol. The molecule has 1 aliphatic rings. The first-order valence-electron chi connectivity index (χ1n) is 8.16. The third-order valence-electron chi connectivity index (χ3n) is 4.43. The van der Waals surface area contributed by atoms with Crippen molar-refractivity contribution in [3.63, 3.8) is 0 Å². The Morgan fingerprint density at radius 2 is 1.92 bits per heavy atom. The molecule has 0 spiro atoms. The Morgan fingerprint density at radius 1 is 1.12 bits per heavy atom. The number of rotatable bonds is 4. The van der Waals surface area contributed by atoms with Gasteiger partial charge in [0, 0.05) is 17.3 Å². The Bertz CT molecular complexity index is 863. The van der Waals surface area contributed by atoms with Gasteiger partial charge in [-0.2, -0.15) is 0 Å². The number of aryl methyl sites for hydroxylation is 1.